The number of amides is 2. The molecule has 1 N–H and O–H groups in total. The Labute approximate surface area is 130 Å². The number of nitrogens with one attached hydrogen (secondary N) is 1. The topological polar surface area (TPSA) is 52.7 Å². The number of likely N-dealkylation sites (tertiary alicyclic amines) is 1. The van der Waals surface area contributed by atoms with Crippen LogP contribution in [0.2, 0.25) is 0 Å². The van der Waals surface area contributed by atoms with Gasteiger partial charge in [0.1, 0.15) is 5.82 Å². The number of hydrogen-bond donors (Lipinski definition) is 1. The van der Waals surface area contributed by atoms with Crippen molar-refractivity contribution in [2.75, 3.05) is 31.6 Å². The van der Waals surface area contributed by atoms with Crippen molar-refractivity contribution >= 4 is 17.5 Å². The van der Waals surface area contributed by atoms with Crippen molar-refractivity contribution in [1.82, 2.24) is 10.2 Å². The van der Waals surface area contributed by atoms with Gasteiger partial charge in [-0.25, -0.2) is 4.39 Å². The lowest BCUT2D eigenvalue weighted by Crippen LogP contribution is -2.48. The molecule has 2 rings (SSSR count). The van der Waals surface area contributed by atoms with E-state index in [-0.39, 0.29) is 30.2 Å². The van der Waals surface area contributed by atoms with Crippen LogP contribution in [-0.2, 0) is 9.59 Å². The molecular weight excluding hydrogens is 285 g/mol. The molecule has 0 saturated carbocycles. The molecule has 1 heterocycles. The van der Waals surface area contributed by atoms with Gasteiger partial charge < -0.3 is 15.1 Å². The molecule has 0 aliphatic carbocycles. The Hall–Kier alpha value is -2.11. The lowest BCUT2D eigenvalue weighted by molar-refractivity contribution is -0.130. The second-order valence-electron chi connectivity index (χ2n) is 5.68. The number of likely N-dealkylation sites (N-methyl/N-ethyl adjacent to an activating group) is 1. The van der Waals surface area contributed by atoms with Gasteiger partial charge in [-0.2, -0.15) is 0 Å². The third kappa shape index (κ3) is 4.44. The minimum absolute atomic E-state index is 0.0619. The summed E-state index contributed by atoms with van der Waals surface area (Å²) >= 11 is 0. The molecule has 0 spiro atoms. The van der Waals surface area contributed by atoms with Crippen LogP contribution in [0.3, 0.4) is 0 Å². The van der Waals surface area contributed by atoms with E-state index in [0.717, 1.165) is 18.5 Å². The highest BCUT2D eigenvalue weighted by Crippen LogP contribution is 2.13. The summed E-state index contributed by atoms with van der Waals surface area (Å²) in [5, 5.41) is 3.00. The molecule has 1 aliphatic rings. The fourth-order valence-corrected chi connectivity index (χ4v) is 2.61. The number of anilines is 1. The summed E-state index contributed by atoms with van der Waals surface area (Å²) in [6, 6.07) is 6.16. The number of rotatable bonds is 4. The smallest absolute Gasteiger partial charge is 0.239 e. The summed E-state index contributed by atoms with van der Waals surface area (Å²) in [6.07, 6.45) is 1.57. The zero-order chi connectivity index (χ0) is 16.1. The van der Waals surface area contributed by atoms with Crippen LogP contribution < -0.4 is 10.2 Å². The van der Waals surface area contributed by atoms with Crippen molar-refractivity contribution < 1.29 is 14.0 Å². The molecule has 0 aromatic heterocycles. The first kappa shape index (κ1) is 16.3. The first-order valence-corrected chi connectivity index (χ1v) is 7.47. The van der Waals surface area contributed by atoms with Crippen LogP contribution in [0.5, 0.6) is 0 Å². The zero-order valence-corrected chi connectivity index (χ0v) is 13.0. The third-order valence-electron chi connectivity index (χ3n) is 3.95. The highest BCUT2D eigenvalue weighted by Gasteiger charge is 2.22. The lowest BCUT2D eigenvalue weighted by Gasteiger charge is -2.32. The van der Waals surface area contributed by atoms with Crippen LogP contribution in [0.25, 0.3) is 0 Å². The Morgan fingerprint density at radius 1 is 1.27 bits per heavy atom. The van der Waals surface area contributed by atoms with Crippen molar-refractivity contribution in [2.24, 2.45) is 0 Å². The average Bonchev–Trinajstić information content (AvgIpc) is 2.48. The molecule has 1 aromatic rings. The molecule has 22 heavy (non-hydrogen) atoms. The van der Waals surface area contributed by atoms with Gasteiger partial charge in [-0.1, -0.05) is 0 Å². The van der Waals surface area contributed by atoms with E-state index in [9.17, 15) is 14.0 Å². The Bertz CT molecular complexity index is 525. The third-order valence-corrected chi connectivity index (χ3v) is 3.95. The van der Waals surface area contributed by atoms with Gasteiger partial charge in [-0.05, 0) is 37.1 Å². The Balaban J connectivity index is 1.78. The average molecular weight is 307 g/mol. The zero-order valence-electron chi connectivity index (χ0n) is 13.0. The number of hydrogen-bond acceptors (Lipinski definition) is 3. The Morgan fingerprint density at radius 2 is 1.86 bits per heavy atom. The van der Waals surface area contributed by atoms with Crippen molar-refractivity contribution in [2.45, 2.75) is 25.8 Å². The molecule has 2 amide bonds. The Kier molecular flexibility index (Phi) is 5.35. The first-order valence-electron chi connectivity index (χ1n) is 7.47. The predicted octanol–water partition coefficient (Wildman–Crippen LogP) is 1.39. The van der Waals surface area contributed by atoms with E-state index in [4.69, 9.17) is 0 Å². The van der Waals surface area contributed by atoms with Gasteiger partial charge in [0, 0.05) is 38.8 Å². The van der Waals surface area contributed by atoms with Gasteiger partial charge in [-0.15, -0.1) is 0 Å². The quantitative estimate of drug-likeness (QED) is 0.914. The molecule has 1 aliphatic heterocycles. The normalized spacial score (nSPS) is 15.5. The van der Waals surface area contributed by atoms with Gasteiger partial charge in [0.2, 0.25) is 11.8 Å². The van der Waals surface area contributed by atoms with E-state index in [1.54, 1.807) is 35.9 Å². The fourth-order valence-electron chi connectivity index (χ4n) is 2.61. The number of piperidine rings is 1. The van der Waals surface area contributed by atoms with Crippen LogP contribution in [0, 0.1) is 5.82 Å². The van der Waals surface area contributed by atoms with Gasteiger partial charge in [0.05, 0.1) is 6.54 Å². The number of nitrogens with zero attached hydrogens (tertiary/aromatic N) is 2. The summed E-state index contributed by atoms with van der Waals surface area (Å²) < 4.78 is 12.9. The lowest BCUT2D eigenvalue weighted by atomic mass is 10.1. The van der Waals surface area contributed by atoms with Crippen molar-refractivity contribution in [3.8, 4) is 0 Å². The van der Waals surface area contributed by atoms with Crippen LogP contribution in [0.1, 0.15) is 19.8 Å². The predicted molar refractivity (Wildman–Crippen MR) is 83.1 cm³/mol. The molecular formula is C16H22FN3O2. The van der Waals surface area contributed by atoms with Crippen molar-refractivity contribution in [3.05, 3.63) is 30.1 Å². The van der Waals surface area contributed by atoms with Gasteiger partial charge >= 0.3 is 0 Å². The molecule has 0 radical (unpaired) electrons. The second kappa shape index (κ2) is 7.24. The summed E-state index contributed by atoms with van der Waals surface area (Å²) in [6.45, 7) is 3.16. The number of carbonyl (C=O) groups excluding carboxylic acids is 2. The summed E-state index contributed by atoms with van der Waals surface area (Å²) in [5.41, 5.74) is 0.794. The maximum atomic E-state index is 12.9. The number of carbonyl (C=O) groups is 2. The molecule has 6 heteroatoms. The minimum atomic E-state index is -0.293. The largest absolute Gasteiger partial charge is 0.365 e. The molecule has 1 aromatic carbocycles. The Morgan fingerprint density at radius 3 is 2.41 bits per heavy atom. The fraction of sp³-hybridized carbons (Fsp3) is 0.500. The van der Waals surface area contributed by atoms with Crippen molar-refractivity contribution in [3.63, 3.8) is 0 Å². The van der Waals surface area contributed by atoms with E-state index in [0.29, 0.717) is 13.1 Å². The second-order valence-corrected chi connectivity index (χ2v) is 5.68. The van der Waals surface area contributed by atoms with Crippen LogP contribution in [0.15, 0.2) is 24.3 Å². The van der Waals surface area contributed by atoms with Crippen molar-refractivity contribution in [1.29, 1.82) is 0 Å². The van der Waals surface area contributed by atoms with Crippen LogP contribution >= 0.6 is 0 Å². The van der Waals surface area contributed by atoms with Crippen LogP contribution in [0.4, 0.5) is 10.1 Å². The standard InChI is InChI=1S/C16H22FN3O2/c1-12(21)20-9-7-14(8-10-20)18-16(22)11-19(2)15-5-3-13(17)4-6-15/h3-6,14H,7-11H2,1-2H3,(H,18,22). The summed E-state index contributed by atoms with van der Waals surface area (Å²) in [5.74, 6) is -0.271. The monoisotopic (exact) mass is 307 g/mol. The highest BCUT2D eigenvalue weighted by atomic mass is 19.1. The van der Waals surface area contributed by atoms with Gasteiger partial charge in [0.25, 0.3) is 0 Å². The van der Waals surface area contributed by atoms with E-state index in [1.807, 2.05) is 0 Å². The maximum absolute atomic E-state index is 12.9. The van der Waals surface area contributed by atoms with Gasteiger partial charge in [0.15, 0.2) is 0 Å². The summed E-state index contributed by atoms with van der Waals surface area (Å²) in [4.78, 5) is 26.9. The number of benzene rings is 1. The molecule has 0 bridgehead atoms. The first-order chi connectivity index (χ1) is 10.5. The maximum Gasteiger partial charge on any atom is 0.239 e. The highest BCUT2D eigenvalue weighted by molar-refractivity contribution is 5.81. The molecule has 120 valence electrons. The SMILES string of the molecule is CC(=O)N1CCC(NC(=O)CN(C)c2ccc(F)cc2)CC1. The number of halogens is 1. The van der Waals surface area contributed by atoms with Gasteiger partial charge in [-0.3, -0.25) is 9.59 Å². The molecule has 0 unspecified atom stereocenters. The van der Waals surface area contributed by atoms with E-state index < -0.39 is 0 Å². The minimum Gasteiger partial charge on any atom is -0.365 e. The molecule has 5 nitrogen and oxygen atoms in total. The van der Waals surface area contributed by atoms with E-state index in [1.165, 1.54) is 12.1 Å². The van der Waals surface area contributed by atoms with E-state index >= 15 is 0 Å². The summed E-state index contributed by atoms with van der Waals surface area (Å²) in [7, 11) is 1.80. The molecule has 1 saturated heterocycles. The van der Waals surface area contributed by atoms with Crippen LogP contribution in [-0.4, -0.2) is 49.4 Å². The van der Waals surface area contributed by atoms with E-state index in [2.05, 4.69) is 5.32 Å². The molecule has 0 atom stereocenters. The molecule has 1 fully saturated rings.